The smallest absolute Gasteiger partial charge is 0.150 e. The number of imidazole rings is 1. The van der Waals surface area contributed by atoms with E-state index < -0.39 is 11.6 Å². The lowest BCUT2D eigenvalue weighted by atomic mass is 10.0. The van der Waals surface area contributed by atoms with E-state index in [0.29, 0.717) is 28.2 Å². The van der Waals surface area contributed by atoms with E-state index in [1.807, 2.05) is 30.3 Å². The van der Waals surface area contributed by atoms with Gasteiger partial charge in [-0.1, -0.05) is 35.5 Å². The van der Waals surface area contributed by atoms with Gasteiger partial charge in [-0.15, -0.1) is 0 Å². The van der Waals surface area contributed by atoms with Gasteiger partial charge in [0.2, 0.25) is 0 Å². The number of rotatable bonds is 3. The molecule has 0 aliphatic heterocycles. The Labute approximate surface area is 153 Å². The van der Waals surface area contributed by atoms with E-state index in [9.17, 15) is 14.0 Å². The number of aromatic nitrogens is 2. The van der Waals surface area contributed by atoms with E-state index >= 15 is 0 Å². The summed E-state index contributed by atoms with van der Waals surface area (Å²) >= 11 is 0. The molecule has 4 rings (SSSR count). The first kappa shape index (κ1) is 16.7. The highest BCUT2D eigenvalue weighted by Gasteiger charge is 2.17. The van der Waals surface area contributed by atoms with Gasteiger partial charge in [-0.05, 0) is 24.3 Å². The summed E-state index contributed by atoms with van der Waals surface area (Å²) in [5.41, 5.74) is 8.54. The maximum absolute atomic E-state index is 14.3. The van der Waals surface area contributed by atoms with Crippen LogP contribution in [0.1, 0.15) is 11.1 Å². The number of fused-ring (bicyclic) bond motifs is 1. The van der Waals surface area contributed by atoms with Crippen LogP contribution in [0.5, 0.6) is 0 Å². The summed E-state index contributed by atoms with van der Waals surface area (Å²) in [6.45, 7) is 0. The number of oxime groups is 1. The molecule has 27 heavy (non-hydrogen) atoms. The fraction of sp³-hybridized carbons (Fsp3) is 0. The maximum atomic E-state index is 14.3. The molecule has 0 unspecified atom stereocenters. The van der Waals surface area contributed by atoms with Crippen LogP contribution in [-0.2, 0) is 0 Å². The molecular weight excluding hydrogens is 350 g/mol. The van der Waals surface area contributed by atoms with Crippen molar-refractivity contribution < 1.29 is 14.0 Å². The number of hydrogen-bond acceptors (Lipinski definition) is 4. The minimum Gasteiger partial charge on any atom is -0.410 e. The van der Waals surface area contributed by atoms with E-state index in [0.717, 1.165) is 12.1 Å². The summed E-state index contributed by atoms with van der Waals surface area (Å²) in [6, 6.07) is 15.8. The third-order valence-electron chi connectivity index (χ3n) is 4.25. The molecule has 2 heterocycles. The standard InChI is InChI=1S/C20H14F2N4O/c21-14-7-8-15(16(22)10-14)19-20(23)24-17-9-6-13(11-26(17)19)18(25-27)12-4-2-1-3-5-12/h1-11,27H,23H2. The quantitative estimate of drug-likeness (QED) is 0.327. The van der Waals surface area contributed by atoms with Gasteiger partial charge in [-0.2, -0.15) is 0 Å². The lowest BCUT2D eigenvalue weighted by Crippen LogP contribution is -2.05. The van der Waals surface area contributed by atoms with Crippen molar-refractivity contribution in [2.75, 3.05) is 5.73 Å². The number of nitrogens with two attached hydrogens (primary N) is 1. The van der Waals surface area contributed by atoms with Crippen molar-refractivity contribution in [1.29, 1.82) is 0 Å². The summed E-state index contributed by atoms with van der Waals surface area (Å²) < 4.78 is 29.2. The Hall–Kier alpha value is -3.74. The molecule has 0 radical (unpaired) electrons. The Morgan fingerprint density at radius 3 is 2.48 bits per heavy atom. The third kappa shape index (κ3) is 2.89. The lowest BCUT2D eigenvalue weighted by Gasteiger charge is -2.08. The monoisotopic (exact) mass is 364 g/mol. The second-order valence-corrected chi connectivity index (χ2v) is 5.93. The van der Waals surface area contributed by atoms with Crippen LogP contribution in [-0.4, -0.2) is 20.3 Å². The molecule has 3 N–H and O–H groups in total. The van der Waals surface area contributed by atoms with Crippen molar-refractivity contribution in [2.24, 2.45) is 5.16 Å². The van der Waals surface area contributed by atoms with E-state index in [2.05, 4.69) is 10.1 Å². The number of anilines is 1. The van der Waals surface area contributed by atoms with Gasteiger partial charge >= 0.3 is 0 Å². The Bertz CT molecular complexity index is 1170. The molecule has 0 saturated carbocycles. The fourth-order valence-corrected chi connectivity index (χ4v) is 3.03. The molecule has 4 aromatic rings. The number of pyridine rings is 1. The maximum Gasteiger partial charge on any atom is 0.150 e. The minimum atomic E-state index is -0.743. The predicted molar refractivity (Wildman–Crippen MR) is 98.8 cm³/mol. The molecule has 134 valence electrons. The van der Waals surface area contributed by atoms with Crippen LogP contribution >= 0.6 is 0 Å². The summed E-state index contributed by atoms with van der Waals surface area (Å²) in [5.74, 6) is -1.31. The van der Waals surface area contributed by atoms with E-state index in [-0.39, 0.29) is 11.4 Å². The first-order valence-electron chi connectivity index (χ1n) is 8.09. The van der Waals surface area contributed by atoms with Crippen LogP contribution < -0.4 is 5.73 Å². The average molecular weight is 364 g/mol. The third-order valence-corrected chi connectivity index (χ3v) is 4.25. The van der Waals surface area contributed by atoms with Crippen LogP contribution in [0.15, 0.2) is 72.0 Å². The molecule has 2 aromatic carbocycles. The average Bonchev–Trinajstić information content (AvgIpc) is 2.99. The van der Waals surface area contributed by atoms with Crippen molar-refractivity contribution >= 4 is 17.2 Å². The normalized spacial score (nSPS) is 11.9. The van der Waals surface area contributed by atoms with E-state index in [4.69, 9.17) is 5.73 Å². The number of halogens is 2. The van der Waals surface area contributed by atoms with Crippen LogP contribution in [0.25, 0.3) is 16.9 Å². The Kier molecular flexibility index (Phi) is 4.04. The molecule has 0 bridgehead atoms. The van der Waals surface area contributed by atoms with Crippen molar-refractivity contribution in [1.82, 2.24) is 9.38 Å². The first-order valence-corrected chi connectivity index (χ1v) is 8.09. The van der Waals surface area contributed by atoms with Crippen LogP contribution in [0.4, 0.5) is 14.6 Å². The fourth-order valence-electron chi connectivity index (χ4n) is 3.03. The van der Waals surface area contributed by atoms with E-state index in [1.54, 1.807) is 22.7 Å². The second-order valence-electron chi connectivity index (χ2n) is 5.93. The summed E-state index contributed by atoms with van der Waals surface area (Å²) in [7, 11) is 0. The zero-order chi connectivity index (χ0) is 19.0. The Balaban J connectivity index is 1.92. The number of nitrogens with zero attached hydrogens (tertiary/aromatic N) is 3. The molecule has 2 aromatic heterocycles. The van der Waals surface area contributed by atoms with Crippen molar-refractivity contribution in [2.45, 2.75) is 0 Å². The molecule has 0 fully saturated rings. The molecule has 0 aliphatic rings. The highest BCUT2D eigenvalue weighted by atomic mass is 19.1. The van der Waals surface area contributed by atoms with Gasteiger partial charge in [-0.25, -0.2) is 13.8 Å². The Morgan fingerprint density at radius 1 is 1.00 bits per heavy atom. The summed E-state index contributed by atoms with van der Waals surface area (Å²) in [6.07, 6.45) is 1.65. The molecule has 0 aliphatic carbocycles. The van der Waals surface area contributed by atoms with Gasteiger partial charge in [0.25, 0.3) is 0 Å². The molecule has 0 atom stereocenters. The number of benzene rings is 2. The molecule has 0 amide bonds. The van der Waals surface area contributed by atoms with Gasteiger partial charge in [-0.3, -0.25) is 4.40 Å². The predicted octanol–water partition coefficient (Wildman–Crippen LogP) is 4.09. The highest BCUT2D eigenvalue weighted by molar-refractivity contribution is 6.12. The molecule has 5 nitrogen and oxygen atoms in total. The minimum absolute atomic E-state index is 0.111. The summed E-state index contributed by atoms with van der Waals surface area (Å²) in [4.78, 5) is 4.23. The number of nitrogen functional groups attached to an aromatic ring is 1. The highest BCUT2D eigenvalue weighted by Crippen LogP contribution is 2.30. The largest absolute Gasteiger partial charge is 0.410 e. The summed E-state index contributed by atoms with van der Waals surface area (Å²) in [5, 5.41) is 12.9. The van der Waals surface area contributed by atoms with Gasteiger partial charge in [0.15, 0.2) is 5.82 Å². The van der Waals surface area contributed by atoms with Gasteiger partial charge < -0.3 is 10.9 Å². The van der Waals surface area contributed by atoms with Crippen LogP contribution in [0.3, 0.4) is 0 Å². The topological polar surface area (TPSA) is 75.9 Å². The van der Waals surface area contributed by atoms with Gasteiger partial charge in [0.1, 0.15) is 23.0 Å². The second kappa shape index (κ2) is 6.53. The van der Waals surface area contributed by atoms with Crippen LogP contribution in [0.2, 0.25) is 0 Å². The number of hydrogen-bond donors (Lipinski definition) is 2. The van der Waals surface area contributed by atoms with Crippen molar-refractivity contribution in [3.05, 3.63) is 89.6 Å². The zero-order valence-electron chi connectivity index (χ0n) is 14.0. The van der Waals surface area contributed by atoms with Gasteiger partial charge in [0.05, 0.1) is 5.69 Å². The lowest BCUT2D eigenvalue weighted by molar-refractivity contribution is 0.319. The van der Waals surface area contributed by atoms with E-state index in [1.165, 1.54) is 6.07 Å². The van der Waals surface area contributed by atoms with Crippen molar-refractivity contribution in [3.8, 4) is 11.3 Å². The molecule has 0 spiro atoms. The molecule has 7 heteroatoms. The molecular formula is C20H14F2N4O. The molecule has 0 saturated heterocycles. The van der Waals surface area contributed by atoms with Gasteiger partial charge in [0, 0.05) is 29.0 Å². The van der Waals surface area contributed by atoms with Crippen molar-refractivity contribution in [3.63, 3.8) is 0 Å². The SMILES string of the molecule is Nc1nc2ccc(C(=NO)c3ccccc3)cn2c1-c1ccc(F)cc1F. The zero-order valence-corrected chi connectivity index (χ0v) is 14.0. The first-order chi connectivity index (χ1) is 13.1. The Morgan fingerprint density at radius 2 is 1.78 bits per heavy atom. The van der Waals surface area contributed by atoms with Crippen LogP contribution in [0, 0.1) is 11.6 Å².